The van der Waals surface area contributed by atoms with Crippen LogP contribution >= 0.6 is 22.9 Å². The van der Waals surface area contributed by atoms with Crippen molar-refractivity contribution in [1.29, 1.82) is 0 Å². The molecule has 1 unspecified atom stereocenters. The van der Waals surface area contributed by atoms with Crippen molar-refractivity contribution < 1.29 is 0 Å². The zero-order valence-electron chi connectivity index (χ0n) is 9.14. The fourth-order valence-electron chi connectivity index (χ4n) is 1.45. The van der Waals surface area contributed by atoms with Crippen molar-refractivity contribution in [2.75, 3.05) is 6.54 Å². The highest BCUT2D eigenvalue weighted by atomic mass is 35.5. The van der Waals surface area contributed by atoms with Gasteiger partial charge in [-0.3, -0.25) is 0 Å². The standard InChI is InChI=1S/C12H16ClNS/c1-3-5-6-7-10(14-4-2)11-8-9-12(13)15-11/h8-10,14H,4,6-7H2,1-2H3. The predicted molar refractivity (Wildman–Crippen MR) is 68.4 cm³/mol. The average molecular weight is 242 g/mol. The van der Waals surface area contributed by atoms with Crippen molar-refractivity contribution in [3.05, 3.63) is 21.3 Å². The van der Waals surface area contributed by atoms with Crippen molar-refractivity contribution in [2.45, 2.75) is 32.7 Å². The molecular weight excluding hydrogens is 226 g/mol. The lowest BCUT2D eigenvalue weighted by Crippen LogP contribution is -2.19. The third-order valence-corrected chi connectivity index (χ3v) is 3.47. The van der Waals surface area contributed by atoms with E-state index in [1.165, 1.54) is 4.88 Å². The Bertz CT molecular complexity index is 348. The highest BCUT2D eigenvalue weighted by molar-refractivity contribution is 7.16. The fourth-order valence-corrected chi connectivity index (χ4v) is 2.62. The first-order chi connectivity index (χ1) is 7.27. The summed E-state index contributed by atoms with van der Waals surface area (Å²) in [5, 5.41) is 3.46. The summed E-state index contributed by atoms with van der Waals surface area (Å²) in [6.45, 7) is 4.97. The van der Waals surface area contributed by atoms with Crippen LogP contribution in [0.3, 0.4) is 0 Å². The number of halogens is 1. The maximum atomic E-state index is 5.93. The van der Waals surface area contributed by atoms with Crippen LogP contribution in [0.25, 0.3) is 0 Å². The van der Waals surface area contributed by atoms with Crippen molar-refractivity contribution >= 4 is 22.9 Å². The molecule has 0 aliphatic heterocycles. The number of hydrogen-bond acceptors (Lipinski definition) is 2. The molecule has 0 aliphatic carbocycles. The molecule has 0 fully saturated rings. The normalized spacial score (nSPS) is 11.9. The lowest BCUT2D eigenvalue weighted by Gasteiger charge is -2.14. The summed E-state index contributed by atoms with van der Waals surface area (Å²) in [6, 6.07) is 4.45. The second kappa shape index (κ2) is 6.90. The van der Waals surface area contributed by atoms with Gasteiger partial charge in [0.15, 0.2) is 0 Å². The molecule has 0 aromatic carbocycles. The summed E-state index contributed by atoms with van der Waals surface area (Å²) in [5.41, 5.74) is 0. The summed E-state index contributed by atoms with van der Waals surface area (Å²) < 4.78 is 0.856. The third-order valence-electron chi connectivity index (χ3n) is 2.12. The van der Waals surface area contributed by atoms with Gasteiger partial charge in [0.2, 0.25) is 0 Å². The van der Waals surface area contributed by atoms with Gasteiger partial charge in [0.25, 0.3) is 0 Å². The summed E-state index contributed by atoms with van der Waals surface area (Å²) in [6.07, 6.45) is 1.98. The first kappa shape index (κ1) is 12.6. The van der Waals surface area contributed by atoms with Crippen LogP contribution < -0.4 is 5.32 Å². The lowest BCUT2D eigenvalue weighted by molar-refractivity contribution is 0.530. The Morgan fingerprint density at radius 3 is 2.87 bits per heavy atom. The second-order valence-electron chi connectivity index (χ2n) is 3.22. The Labute approximate surface area is 101 Å². The number of nitrogens with one attached hydrogen (secondary N) is 1. The molecule has 1 N–H and O–H groups in total. The van der Waals surface area contributed by atoms with E-state index in [2.05, 4.69) is 30.1 Å². The van der Waals surface area contributed by atoms with Crippen LogP contribution in [0.4, 0.5) is 0 Å². The van der Waals surface area contributed by atoms with E-state index in [-0.39, 0.29) is 0 Å². The molecule has 1 heterocycles. The summed E-state index contributed by atoms with van der Waals surface area (Å²) in [4.78, 5) is 1.31. The largest absolute Gasteiger partial charge is 0.309 e. The number of hydrogen-bond donors (Lipinski definition) is 1. The molecule has 1 atom stereocenters. The van der Waals surface area contributed by atoms with E-state index in [1.807, 2.05) is 13.0 Å². The van der Waals surface area contributed by atoms with Crippen molar-refractivity contribution in [3.8, 4) is 11.8 Å². The molecule has 0 bridgehead atoms. The van der Waals surface area contributed by atoms with Crippen molar-refractivity contribution in [1.82, 2.24) is 5.32 Å². The molecule has 0 saturated carbocycles. The van der Waals surface area contributed by atoms with E-state index < -0.39 is 0 Å². The van der Waals surface area contributed by atoms with Gasteiger partial charge in [-0.25, -0.2) is 0 Å². The first-order valence-corrected chi connectivity index (χ1v) is 6.35. The molecule has 3 heteroatoms. The van der Waals surface area contributed by atoms with Crippen LogP contribution in [-0.2, 0) is 0 Å². The highest BCUT2D eigenvalue weighted by Crippen LogP contribution is 2.29. The van der Waals surface area contributed by atoms with E-state index in [0.717, 1.165) is 23.7 Å². The van der Waals surface area contributed by atoms with Gasteiger partial charge in [0.1, 0.15) is 0 Å². The van der Waals surface area contributed by atoms with Crippen LogP contribution in [-0.4, -0.2) is 6.54 Å². The van der Waals surface area contributed by atoms with Gasteiger partial charge in [-0.1, -0.05) is 18.5 Å². The van der Waals surface area contributed by atoms with Crippen LogP contribution in [0.5, 0.6) is 0 Å². The average Bonchev–Trinajstić information content (AvgIpc) is 2.64. The van der Waals surface area contributed by atoms with Gasteiger partial charge in [-0.05, 0) is 32.0 Å². The van der Waals surface area contributed by atoms with E-state index in [1.54, 1.807) is 11.3 Å². The third kappa shape index (κ3) is 4.25. The SMILES string of the molecule is CC#CCCC(NCC)c1ccc(Cl)s1. The number of rotatable bonds is 5. The Balaban J connectivity index is 2.59. The first-order valence-electron chi connectivity index (χ1n) is 5.16. The van der Waals surface area contributed by atoms with Gasteiger partial charge < -0.3 is 5.32 Å². The minimum atomic E-state index is 0.397. The topological polar surface area (TPSA) is 12.0 Å². The van der Waals surface area contributed by atoms with E-state index in [0.29, 0.717) is 6.04 Å². The molecular formula is C12H16ClNS. The monoisotopic (exact) mass is 241 g/mol. The molecule has 1 rings (SSSR count). The molecule has 82 valence electrons. The van der Waals surface area contributed by atoms with Crippen molar-refractivity contribution in [2.24, 2.45) is 0 Å². The minimum Gasteiger partial charge on any atom is -0.309 e. The van der Waals surface area contributed by atoms with Crippen molar-refractivity contribution in [3.63, 3.8) is 0 Å². The van der Waals surface area contributed by atoms with E-state index in [4.69, 9.17) is 11.6 Å². The van der Waals surface area contributed by atoms with Gasteiger partial charge in [0.05, 0.1) is 4.34 Å². The number of thiophene rings is 1. The minimum absolute atomic E-state index is 0.397. The predicted octanol–water partition coefficient (Wildman–Crippen LogP) is 3.86. The van der Waals surface area contributed by atoms with E-state index >= 15 is 0 Å². The molecule has 0 amide bonds. The molecule has 15 heavy (non-hydrogen) atoms. The van der Waals surface area contributed by atoms with Crippen LogP contribution in [0, 0.1) is 11.8 Å². The Morgan fingerprint density at radius 2 is 2.33 bits per heavy atom. The molecule has 1 nitrogen and oxygen atoms in total. The zero-order chi connectivity index (χ0) is 11.1. The maximum absolute atomic E-state index is 5.93. The molecule has 0 aliphatic rings. The Kier molecular flexibility index (Phi) is 5.78. The van der Waals surface area contributed by atoms with Gasteiger partial charge >= 0.3 is 0 Å². The smallest absolute Gasteiger partial charge is 0.0931 e. The molecule has 1 aromatic heterocycles. The van der Waals surface area contributed by atoms with Crippen LogP contribution in [0.15, 0.2) is 12.1 Å². The quantitative estimate of drug-likeness (QED) is 0.772. The molecule has 0 saturated heterocycles. The summed E-state index contributed by atoms with van der Waals surface area (Å²) in [7, 11) is 0. The van der Waals surface area contributed by atoms with Crippen LogP contribution in [0.2, 0.25) is 4.34 Å². The maximum Gasteiger partial charge on any atom is 0.0931 e. The summed E-state index contributed by atoms with van der Waals surface area (Å²) in [5.74, 6) is 6.02. The fraction of sp³-hybridized carbons (Fsp3) is 0.500. The molecule has 1 aromatic rings. The lowest BCUT2D eigenvalue weighted by atomic mass is 10.1. The van der Waals surface area contributed by atoms with Crippen LogP contribution in [0.1, 0.15) is 37.6 Å². The molecule has 0 spiro atoms. The highest BCUT2D eigenvalue weighted by Gasteiger charge is 2.11. The Morgan fingerprint density at radius 1 is 1.53 bits per heavy atom. The van der Waals surface area contributed by atoms with Gasteiger partial charge in [-0.15, -0.1) is 23.2 Å². The summed E-state index contributed by atoms with van der Waals surface area (Å²) >= 11 is 7.58. The van der Waals surface area contributed by atoms with Gasteiger partial charge in [-0.2, -0.15) is 0 Å². The Hall–Kier alpha value is -0.490. The van der Waals surface area contributed by atoms with E-state index in [9.17, 15) is 0 Å². The molecule has 0 radical (unpaired) electrons. The zero-order valence-corrected chi connectivity index (χ0v) is 10.7. The second-order valence-corrected chi connectivity index (χ2v) is 4.96. The van der Waals surface area contributed by atoms with Gasteiger partial charge in [0, 0.05) is 17.3 Å².